The van der Waals surface area contributed by atoms with Crippen molar-refractivity contribution in [2.75, 3.05) is 51.0 Å². The van der Waals surface area contributed by atoms with E-state index in [0.29, 0.717) is 68.9 Å². The summed E-state index contributed by atoms with van der Waals surface area (Å²) in [6.45, 7) is 5.19. The second kappa shape index (κ2) is 15.8. The van der Waals surface area contributed by atoms with Gasteiger partial charge in [0.15, 0.2) is 11.5 Å². The molecule has 49 heavy (non-hydrogen) atoms. The Bertz CT molecular complexity index is 1690. The van der Waals surface area contributed by atoms with Gasteiger partial charge in [-0.2, -0.15) is 10.2 Å². The van der Waals surface area contributed by atoms with Gasteiger partial charge in [0.05, 0.1) is 43.7 Å². The number of rotatable bonds is 16. The van der Waals surface area contributed by atoms with Gasteiger partial charge in [-0.05, 0) is 48.1 Å². The number of nitrogens with zero attached hydrogens (tertiary/aromatic N) is 5. The van der Waals surface area contributed by atoms with Crippen LogP contribution in [0.5, 0.6) is 0 Å². The molecular weight excluding hydrogens is 629 g/mol. The van der Waals surface area contributed by atoms with Crippen LogP contribution in [-0.4, -0.2) is 91.8 Å². The van der Waals surface area contributed by atoms with Crippen molar-refractivity contribution < 1.29 is 27.9 Å². The standard InChI is InChI=1S/C36H44FN7O5/c1-3-23(2)32(43(18-20-48-19-15-37)17-14-31-40-27-9-4-5-10-30(27)49-31)35(46)41-28-12-11-24-7-6-8-25-21-29(44(33(24)25)36(28)47)34(45)38-22-26-13-16-39-42-26/h4-10,13,23,28-29,32H,3,11-12,14-22H2,1-2H3,(H,38,45)(H,41,46)/t23-,28-,29-,32-/m0/s1. The van der Waals surface area contributed by atoms with Crippen LogP contribution < -0.4 is 15.5 Å². The second-order valence-electron chi connectivity index (χ2n) is 12.8. The largest absolute Gasteiger partial charge is 0.441 e. The van der Waals surface area contributed by atoms with Gasteiger partial charge in [-0.15, -0.1) is 0 Å². The van der Waals surface area contributed by atoms with Gasteiger partial charge >= 0.3 is 0 Å². The van der Waals surface area contributed by atoms with Crippen molar-refractivity contribution in [3.05, 3.63) is 71.3 Å². The molecule has 4 atom stereocenters. The van der Waals surface area contributed by atoms with E-state index >= 15 is 0 Å². The third-order valence-corrected chi connectivity index (χ3v) is 9.62. The lowest BCUT2D eigenvalue weighted by Crippen LogP contribution is -2.58. The third-order valence-electron chi connectivity index (χ3n) is 9.62. The molecule has 4 heterocycles. The number of nitrogens with one attached hydrogen (secondary N) is 2. The molecule has 0 spiro atoms. The minimum atomic E-state index is -0.833. The van der Waals surface area contributed by atoms with Crippen LogP contribution in [0.15, 0.2) is 68.9 Å². The molecule has 0 saturated carbocycles. The molecule has 12 nitrogen and oxygen atoms in total. The lowest BCUT2D eigenvalue weighted by atomic mass is 9.95. The first kappa shape index (κ1) is 34.4. The Balaban J connectivity index is 1.21. The number of hydrogen-bond donors (Lipinski definition) is 2. The van der Waals surface area contributed by atoms with E-state index < -0.39 is 24.8 Å². The topological polar surface area (TPSA) is 142 Å². The molecule has 0 aliphatic carbocycles. The normalized spacial score (nSPS) is 19.6. The summed E-state index contributed by atoms with van der Waals surface area (Å²) in [5, 5.41) is 14.0. The maximum atomic E-state index is 14.4. The van der Waals surface area contributed by atoms with E-state index in [2.05, 4.69) is 25.8 Å². The molecule has 0 saturated heterocycles. The summed E-state index contributed by atoms with van der Waals surface area (Å²) in [6.07, 6.45) is 4.36. The first-order valence-electron chi connectivity index (χ1n) is 17.2. The highest BCUT2D eigenvalue weighted by molar-refractivity contribution is 6.08. The van der Waals surface area contributed by atoms with Crippen molar-refractivity contribution >= 4 is 34.5 Å². The highest BCUT2D eigenvalue weighted by atomic mass is 19.1. The predicted octanol–water partition coefficient (Wildman–Crippen LogP) is 3.93. The number of amides is 3. The van der Waals surface area contributed by atoms with Crippen LogP contribution in [0.3, 0.4) is 0 Å². The maximum Gasteiger partial charge on any atom is 0.250 e. The number of oxazole rings is 1. The van der Waals surface area contributed by atoms with Gasteiger partial charge in [0.2, 0.25) is 17.7 Å². The monoisotopic (exact) mass is 673 g/mol. The summed E-state index contributed by atoms with van der Waals surface area (Å²) in [5.74, 6) is -0.384. The van der Waals surface area contributed by atoms with Crippen molar-refractivity contribution in [2.45, 2.75) is 64.1 Å². The number of anilines is 1. The molecule has 0 unspecified atom stereocenters. The van der Waals surface area contributed by atoms with Gasteiger partial charge in [0.1, 0.15) is 24.3 Å². The van der Waals surface area contributed by atoms with E-state index in [0.717, 1.165) is 22.3 Å². The molecule has 0 bridgehead atoms. The number of alkyl halides is 1. The third kappa shape index (κ3) is 7.73. The lowest BCUT2D eigenvalue weighted by Gasteiger charge is -2.35. The van der Waals surface area contributed by atoms with E-state index in [4.69, 9.17) is 9.15 Å². The molecule has 3 aromatic rings. The Morgan fingerprint density at radius 1 is 1.14 bits per heavy atom. The van der Waals surface area contributed by atoms with Crippen LogP contribution in [0.2, 0.25) is 0 Å². The number of aromatic nitrogens is 1. The fourth-order valence-corrected chi connectivity index (χ4v) is 6.96. The smallest absolute Gasteiger partial charge is 0.250 e. The molecule has 3 aliphatic heterocycles. The molecule has 6 rings (SSSR count). The first-order chi connectivity index (χ1) is 23.9. The van der Waals surface area contributed by atoms with Crippen LogP contribution in [0, 0.1) is 5.92 Å². The van der Waals surface area contributed by atoms with Gasteiger partial charge in [0.25, 0.3) is 0 Å². The number of carbonyl (C=O) groups is 3. The van der Waals surface area contributed by atoms with Crippen molar-refractivity contribution in [1.29, 1.82) is 0 Å². The average Bonchev–Trinajstić information content (AvgIpc) is 3.86. The zero-order valence-electron chi connectivity index (χ0n) is 28.1. The van der Waals surface area contributed by atoms with Crippen molar-refractivity contribution in [2.24, 2.45) is 16.1 Å². The lowest BCUT2D eigenvalue weighted by molar-refractivity contribution is -0.133. The SMILES string of the molecule is CC[C@H](C)[C@@H](C(=O)N[C@H]1CCc2cccc3c2N(C1=O)[C@H](C(=O)NCC1=CCN=N1)C3)N(CCOCCF)CCc1nc2ccccc2o1. The number of fused-ring (bicyclic) bond motifs is 1. The number of aryl methyl sites for hydroxylation is 1. The van der Waals surface area contributed by atoms with Crippen LogP contribution >= 0.6 is 0 Å². The van der Waals surface area contributed by atoms with E-state index in [1.807, 2.05) is 67.3 Å². The van der Waals surface area contributed by atoms with Gasteiger partial charge in [-0.25, -0.2) is 9.37 Å². The Labute approximate surface area is 285 Å². The van der Waals surface area contributed by atoms with Crippen LogP contribution in [0.4, 0.5) is 10.1 Å². The van der Waals surface area contributed by atoms with Crippen LogP contribution in [0.25, 0.3) is 11.1 Å². The van der Waals surface area contributed by atoms with Gasteiger partial charge in [-0.3, -0.25) is 24.2 Å². The summed E-state index contributed by atoms with van der Waals surface area (Å²) < 4.78 is 24.3. The molecule has 3 amide bonds. The van der Waals surface area contributed by atoms with Crippen LogP contribution in [0.1, 0.15) is 43.7 Å². The van der Waals surface area contributed by atoms with E-state index in [-0.39, 0.29) is 43.4 Å². The maximum absolute atomic E-state index is 14.4. The Kier molecular flexibility index (Phi) is 11.1. The van der Waals surface area contributed by atoms with Gasteiger partial charge in [0, 0.05) is 25.9 Å². The zero-order valence-corrected chi connectivity index (χ0v) is 28.1. The first-order valence-corrected chi connectivity index (χ1v) is 17.2. The summed E-state index contributed by atoms with van der Waals surface area (Å²) in [4.78, 5) is 50.4. The Hall–Kier alpha value is -4.49. The molecule has 260 valence electrons. The number of para-hydroxylation sites is 3. The molecule has 3 aliphatic rings. The highest BCUT2D eigenvalue weighted by Gasteiger charge is 2.44. The minimum Gasteiger partial charge on any atom is -0.441 e. The summed E-state index contributed by atoms with van der Waals surface area (Å²) in [6, 6.07) is 11.3. The fraction of sp³-hybridized carbons (Fsp3) is 0.500. The second-order valence-corrected chi connectivity index (χ2v) is 12.8. The highest BCUT2D eigenvalue weighted by Crippen LogP contribution is 2.39. The number of benzene rings is 2. The predicted molar refractivity (Wildman–Crippen MR) is 182 cm³/mol. The zero-order chi connectivity index (χ0) is 34.3. The van der Waals surface area contributed by atoms with Crippen molar-refractivity contribution in [1.82, 2.24) is 20.5 Å². The molecule has 1 aromatic heterocycles. The van der Waals surface area contributed by atoms with E-state index in [1.54, 1.807) is 4.90 Å². The summed E-state index contributed by atoms with van der Waals surface area (Å²) in [5.41, 5.74) is 4.83. The molecule has 0 radical (unpaired) electrons. The molecule has 2 N–H and O–H groups in total. The van der Waals surface area contributed by atoms with Gasteiger partial charge < -0.3 is 19.8 Å². The number of carbonyl (C=O) groups excluding carboxylic acids is 3. The number of azo groups is 1. The number of hydrogen-bond acceptors (Lipinski definition) is 9. The average molecular weight is 674 g/mol. The molecule has 13 heteroatoms. The van der Waals surface area contributed by atoms with Crippen LogP contribution in [-0.2, 0) is 38.4 Å². The molecular formula is C36H44FN7O5. The Morgan fingerprint density at radius 3 is 2.76 bits per heavy atom. The van der Waals surface area contributed by atoms with E-state index in [9.17, 15) is 18.8 Å². The van der Waals surface area contributed by atoms with Crippen molar-refractivity contribution in [3.63, 3.8) is 0 Å². The minimum absolute atomic E-state index is 0.0232. The van der Waals surface area contributed by atoms with Crippen molar-refractivity contribution in [3.8, 4) is 0 Å². The van der Waals surface area contributed by atoms with Gasteiger partial charge in [-0.1, -0.05) is 50.6 Å². The Morgan fingerprint density at radius 2 is 1.98 bits per heavy atom. The summed E-state index contributed by atoms with van der Waals surface area (Å²) >= 11 is 0. The fourth-order valence-electron chi connectivity index (χ4n) is 6.96. The number of halogens is 1. The molecule has 2 aromatic carbocycles. The summed E-state index contributed by atoms with van der Waals surface area (Å²) in [7, 11) is 0. The molecule has 0 fully saturated rings. The number of ether oxygens (including phenoxy) is 1. The quantitative estimate of drug-likeness (QED) is 0.220. The van der Waals surface area contributed by atoms with E-state index in [1.165, 1.54) is 0 Å².